The number of rotatable bonds is 3. The van der Waals surface area contributed by atoms with Crippen molar-refractivity contribution in [2.45, 2.75) is 38.8 Å². The van der Waals surface area contributed by atoms with Crippen molar-refractivity contribution < 1.29 is 0 Å². The molecule has 0 atom stereocenters. The molecule has 0 radical (unpaired) electrons. The van der Waals surface area contributed by atoms with E-state index in [1.54, 1.807) is 0 Å². The molecule has 1 saturated carbocycles. The molecule has 0 saturated heterocycles. The van der Waals surface area contributed by atoms with Gasteiger partial charge in [-0.05, 0) is 37.3 Å². The van der Waals surface area contributed by atoms with E-state index in [9.17, 15) is 0 Å². The minimum Gasteiger partial charge on any atom is -0.367 e. The van der Waals surface area contributed by atoms with Crippen molar-refractivity contribution in [3.8, 4) is 0 Å². The topological polar surface area (TPSA) is 41.1 Å². The Balaban J connectivity index is 1.60. The maximum absolute atomic E-state index is 4.63. The first-order chi connectivity index (χ1) is 10.3. The van der Waals surface area contributed by atoms with Gasteiger partial charge in [-0.3, -0.25) is 0 Å². The van der Waals surface area contributed by atoms with Gasteiger partial charge in [0.25, 0.3) is 0 Å². The lowest BCUT2D eigenvalue weighted by molar-refractivity contribution is 0.717. The van der Waals surface area contributed by atoms with Gasteiger partial charge in [0.05, 0.1) is 0 Å². The van der Waals surface area contributed by atoms with Crippen LogP contribution in [-0.4, -0.2) is 22.6 Å². The molecule has 0 unspecified atom stereocenters. The molecule has 4 rings (SSSR count). The lowest BCUT2D eigenvalue weighted by atomic mass is 10.00. The Labute approximate surface area is 125 Å². The smallest absolute Gasteiger partial charge is 0.134 e. The van der Waals surface area contributed by atoms with E-state index in [1.807, 2.05) is 6.92 Å². The monoisotopic (exact) mass is 280 g/mol. The van der Waals surface area contributed by atoms with Gasteiger partial charge in [0, 0.05) is 25.2 Å². The van der Waals surface area contributed by atoms with Crippen molar-refractivity contribution in [2.75, 3.05) is 16.8 Å². The number of nitrogens with one attached hydrogen (secondary N) is 1. The second kappa shape index (κ2) is 5.02. The molecule has 4 nitrogen and oxygen atoms in total. The van der Waals surface area contributed by atoms with Gasteiger partial charge in [0.1, 0.15) is 17.5 Å². The van der Waals surface area contributed by atoms with Gasteiger partial charge in [0.15, 0.2) is 0 Å². The average molecular weight is 280 g/mol. The molecule has 1 aromatic heterocycles. The highest BCUT2D eigenvalue weighted by atomic mass is 15.2. The van der Waals surface area contributed by atoms with Crippen LogP contribution in [0.4, 0.5) is 11.6 Å². The molecule has 0 amide bonds. The lowest BCUT2D eigenvalue weighted by Crippen LogP contribution is -2.31. The van der Waals surface area contributed by atoms with Crippen molar-refractivity contribution in [1.82, 2.24) is 9.97 Å². The summed E-state index contributed by atoms with van der Waals surface area (Å²) < 4.78 is 0. The van der Waals surface area contributed by atoms with Crippen molar-refractivity contribution >= 4 is 11.6 Å². The van der Waals surface area contributed by atoms with Gasteiger partial charge in [-0.25, -0.2) is 9.97 Å². The molecule has 21 heavy (non-hydrogen) atoms. The summed E-state index contributed by atoms with van der Waals surface area (Å²) in [6, 6.07) is 11.4. The zero-order valence-corrected chi connectivity index (χ0v) is 12.3. The summed E-state index contributed by atoms with van der Waals surface area (Å²) in [7, 11) is 0. The zero-order valence-electron chi connectivity index (χ0n) is 12.3. The van der Waals surface area contributed by atoms with Gasteiger partial charge < -0.3 is 10.2 Å². The number of aromatic nitrogens is 2. The Bertz CT molecular complexity index is 664. The fourth-order valence-electron chi connectivity index (χ4n) is 2.92. The minimum absolute atomic E-state index is 0.620. The second-order valence-electron chi connectivity index (χ2n) is 6.02. The standard InChI is InChI=1S/C17H20N4/c1-12-18-16(20-15-6-7-15)10-17(19-12)21-9-8-13-4-2-3-5-14(13)11-21/h2-5,10,15H,6-9,11H2,1H3,(H,18,19,20). The maximum Gasteiger partial charge on any atom is 0.134 e. The summed E-state index contributed by atoms with van der Waals surface area (Å²) >= 11 is 0. The number of benzene rings is 1. The Morgan fingerprint density at radius 2 is 1.95 bits per heavy atom. The molecule has 1 aromatic carbocycles. The summed E-state index contributed by atoms with van der Waals surface area (Å²) in [5.74, 6) is 2.86. The fraction of sp³-hybridized carbons (Fsp3) is 0.412. The lowest BCUT2D eigenvalue weighted by Gasteiger charge is -2.30. The van der Waals surface area contributed by atoms with Crippen LogP contribution in [-0.2, 0) is 13.0 Å². The SMILES string of the molecule is Cc1nc(NC2CC2)cc(N2CCc3ccccc3C2)n1. The number of aryl methyl sites for hydroxylation is 1. The first-order valence-electron chi connectivity index (χ1n) is 7.72. The van der Waals surface area contributed by atoms with Crippen molar-refractivity contribution in [1.29, 1.82) is 0 Å². The van der Waals surface area contributed by atoms with Gasteiger partial charge in [0.2, 0.25) is 0 Å². The highest BCUT2D eigenvalue weighted by Gasteiger charge is 2.23. The van der Waals surface area contributed by atoms with Crippen LogP contribution in [0.15, 0.2) is 30.3 Å². The van der Waals surface area contributed by atoms with Crippen molar-refractivity contribution in [3.63, 3.8) is 0 Å². The quantitative estimate of drug-likeness (QED) is 0.938. The van der Waals surface area contributed by atoms with Crippen molar-refractivity contribution in [3.05, 3.63) is 47.3 Å². The van der Waals surface area contributed by atoms with Crippen LogP contribution in [0.25, 0.3) is 0 Å². The van der Waals surface area contributed by atoms with Crippen molar-refractivity contribution in [2.24, 2.45) is 0 Å². The molecule has 2 aromatic rings. The van der Waals surface area contributed by atoms with Crippen LogP contribution >= 0.6 is 0 Å². The Morgan fingerprint density at radius 3 is 2.76 bits per heavy atom. The third-order valence-electron chi connectivity index (χ3n) is 4.21. The molecule has 1 aliphatic heterocycles. The van der Waals surface area contributed by atoms with Gasteiger partial charge >= 0.3 is 0 Å². The van der Waals surface area contributed by atoms with Gasteiger partial charge in [-0.15, -0.1) is 0 Å². The first-order valence-corrected chi connectivity index (χ1v) is 7.72. The number of hydrogen-bond donors (Lipinski definition) is 1. The molecule has 2 heterocycles. The molecular weight excluding hydrogens is 260 g/mol. The summed E-state index contributed by atoms with van der Waals surface area (Å²) in [6.07, 6.45) is 3.61. The maximum atomic E-state index is 4.63. The molecule has 1 aliphatic carbocycles. The summed E-state index contributed by atoms with van der Waals surface area (Å²) in [4.78, 5) is 11.5. The van der Waals surface area contributed by atoms with Crippen LogP contribution in [0.3, 0.4) is 0 Å². The van der Waals surface area contributed by atoms with E-state index in [2.05, 4.69) is 50.5 Å². The van der Waals surface area contributed by atoms with E-state index in [-0.39, 0.29) is 0 Å². The van der Waals surface area contributed by atoms with Crippen LogP contribution < -0.4 is 10.2 Å². The molecule has 0 bridgehead atoms. The largest absolute Gasteiger partial charge is 0.367 e. The third kappa shape index (κ3) is 2.71. The van der Waals surface area contributed by atoms with Crippen LogP contribution in [0.2, 0.25) is 0 Å². The molecule has 1 N–H and O–H groups in total. The molecular formula is C17H20N4. The summed E-state index contributed by atoms with van der Waals surface area (Å²) in [5.41, 5.74) is 2.88. The van der Waals surface area contributed by atoms with E-state index in [4.69, 9.17) is 0 Å². The van der Waals surface area contributed by atoms with Crippen LogP contribution in [0, 0.1) is 6.92 Å². The van der Waals surface area contributed by atoms with Crippen LogP contribution in [0.5, 0.6) is 0 Å². The predicted molar refractivity (Wildman–Crippen MR) is 84.6 cm³/mol. The summed E-state index contributed by atoms with van der Waals surface area (Å²) in [6.45, 7) is 3.94. The zero-order chi connectivity index (χ0) is 14.2. The first kappa shape index (κ1) is 12.6. The number of hydrogen-bond acceptors (Lipinski definition) is 4. The molecule has 1 fully saturated rings. The number of nitrogens with zero attached hydrogens (tertiary/aromatic N) is 3. The van der Waals surface area contributed by atoms with Gasteiger partial charge in [-0.1, -0.05) is 24.3 Å². The minimum atomic E-state index is 0.620. The molecule has 0 spiro atoms. The molecule has 2 aliphatic rings. The average Bonchev–Trinajstić information content (AvgIpc) is 3.30. The third-order valence-corrected chi connectivity index (χ3v) is 4.21. The number of anilines is 2. The van der Waals surface area contributed by atoms with E-state index in [0.717, 1.165) is 37.0 Å². The predicted octanol–water partition coefficient (Wildman–Crippen LogP) is 2.92. The number of fused-ring (bicyclic) bond motifs is 1. The normalized spacial score (nSPS) is 17.5. The molecule has 108 valence electrons. The molecule has 4 heteroatoms. The Hall–Kier alpha value is -2.10. The Kier molecular flexibility index (Phi) is 3.02. The fourth-order valence-corrected chi connectivity index (χ4v) is 2.92. The Morgan fingerprint density at radius 1 is 1.14 bits per heavy atom. The van der Waals surface area contributed by atoms with Gasteiger partial charge in [-0.2, -0.15) is 0 Å². The second-order valence-corrected chi connectivity index (χ2v) is 6.02. The summed E-state index contributed by atoms with van der Waals surface area (Å²) in [5, 5.41) is 3.48. The van der Waals surface area contributed by atoms with E-state index < -0.39 is 0 Å². The van der Waals surface area contributed by atoms with E-state index in [0.29, 0.717) is 6.04 Å². The highest BCUT2D eigenvalue weighted by Crippen LogP contribution is 2.27. The highest BCUT2D eigenvalue weighted by molar-refractivity contribution is 5.52. The van der Waals surface area contributed by atoms with Crippen LogP contribution in [0.1, 0.15) is 29.8 Å². The van der Waals surface area contributed by atoms with E-state index >= 15 is 0 Å². The van der Waals surface area contributed by atoms with E-state index in [1.165, 1.54) is 24.0 Å².